The quantitative estimate of drug-likeness (QED) is 0.522. The van der Waals surface area contributed by atoms with E-state index < -0.39 is 0 Å². The maximum atomic E-state index is 4.83. The van der Waals surface area contributed by atoms with E-state index in [2.05, 4.69) is 29.1 Å². The van der Waals surface area contributed by atoms with Crippen molar-refractivity contribution in [1.29, 1.82) is 0 Å². The summed E-state index contributed by atoms with van der Waals surface area (Å²) in [6.45, 7) is 7.88. The molecule has 0 amide bonds. The third-order valence-corrected chi connectivity index (χ3v) is 6.15. The van der Waals surface area contributed by atoms with Crippen molar-refractivity contribution < 1.29 is 0 Å². The first-order valence-electron chi connectivity index (χ1n) is 9.00. The summed E-state index contributed by atoms with van der Waals surface area (Å²) in [5.41, 5.74) is 1.80. The van der Waals surface area contributed by atoms with Gasteiger partial charge in [-0.2, -0.15) is 0 Å². The van der Waals surface area contributed by atoms with Crippen molar-refractivity contribution in [3.8, 4) is 0 Å². The van der Waals surface area contributed by atoms with Gasteiger partial charge in [0.05, 0.1) is 10.7 Å². The molecule has 1 saturated heterocycles. The van der Waals surface area contributed by atoms with E-state index in [1.807, 2.05) is 18.4 Å². The van der Waals surface area contributed by atoms with Crippen LogP contribution in [0.15, 0.2) is 4.99 Å². The van der Waals surface area contributed by atoms with Gasteiger partial charge in [0.2, 0.25) is 0 Å². The predicted molar refractivity (Wildman–Crippen MR) is 98.4 cm³/mol. The lowest BCUT2D eigenvalue weighted by molar-refractivity contribution is 0.370. The third-order valence-electron chi connectivity index (χ3n) is 4.93. The molecule has 1 aromatic heterocycles. The highest BCUT2D eigenvalue weighted by atomic mass is 32.1. The number of likely N-dealkylation sites (tertiary alicyclic amines) is 1. The lowest BCUT2D eigenvalue weighted by Crippen LogP contribution is -2.41. The number of guanidine groups is 1. The lowest BCUT2D eigenvalue weighted by Gasteiger charge is -2.23. The summed E-state index contributed by atoms with van der Waals surface area (Å²) < 4.78 is 0. The van der Waals surface area contributed by atoms with Crippen LogP contribution in [0.5, 0.6) is 0 Å². The third kappa shape index (κ3) is 4.25. The minimum atomic E-state index is 0.414. The van der Waals surface area contributed by atoms with E-state index in [1.165, 1.54) is 42.8 Å². The number of nitrogens with zero attached hydrogens (tertiary/aromatic N) is 3. The van der Waals surface area contributed by atoms with E-state index in [-0.39, 0.29) is 0 Å². The molecule has 0 bridgehead atoms. The summed E-state index contributed by atoms with van der Waals surface area (Å²) in [5.74, 6) is 1.06. The molecule has 0 atom stereocenters. The molecule has 23 heavy (non-hydrogen) atoms. The Bertz CT molecular complexity index is 538. The highest BCUT2D eigenvalue weighted by Crippen LogP contribution is 2.29. The molecule has 4 nitrogen and oxygen atoms in total. The van der Waals surface area contributed by atoms with E-state index >= 15 is 0 Å². The Kier molecular flexibility index (Phi) is 5.24. The van der Waals surface area contributed by atoms with Crippen LogP contribution in [0.4, 0.5) is 0 Å². The number of aryl methyl sites for hydroxylation is 3. The normalized spacial score (nSPS) is 20.7. The van der Waals surface area contributed by atoms with Gasteiger partial charge in [0.15, 0.2) is 5.96 Å². The first-order chi connectivity index (χ1) is 11.1. The number of fused-ring (bicyclic) bond motifs is 1. The number of aliphatic imine (C=N–C) groups is 1. The molecular formula is C18H30N4S. The van der Waals surface area contributed by atoms with E-state index in [0.717, 1.165) is 38.4 Å². The average molecular weight is 335 g/mol. The fraction of sp³-hybridized carbons (Fsp3) is 0.778. The highest BCUT2D eigenvalue weighted by Gasteiger charge is 2.30. The van der Waals surface area contributed by atoms with Gasteiger partial charge in [0.25, 0.3) is 0 Å². The second-order valence-electron chi connectivity index (χ2n) is 7.60. The largest absolute Gasteiger partial charge is 0.356 e. The van der Waals surface area contributed by atoms with Gasteiger partial charge in [-0.25, -0.2) is 4.98 Å². The number of nitrogens with one attached hydrogen (secondary N) is 1. The van der Waals surface area contributed by atoms with E-state index in [1.54, 1.807) is 4.88 Å². The van der Waals surface area contributed by atoms with Crippen LogP contribution < -0.4 is 5.32 Å². The Morgan fingerprint density at radius 1 is 1.35 bits per heavy atom. The number of hydrogen-bond acceptors (Lipinski definition) is 3. The topological polar surface area (TPSA) is 40.5 Å². The average Bonchev–Trinajstić information content (AvgIpc) is 3.10. The van der Waals surface area contributed by atoms with E-state index in [0.29, 0.717) is 5.41 Å². The maximum absolute atomic E-state index is 4.83. The van der Waals surface area contributed by atoms with Gasteiger partial charge in [-0.3, -0.25) is 4.99 Å². The second kappa shape index (κ2) is 7.20. The molecule has 0 aromatic carbocycles. The van der Waals surface area contributed by atoms with Crippen molar-refractivity contribution in [2.24, 2.45) is 10.4 Å². The van der Waals surface area contributed by atoms with Gasteiger partial charge in [-0.05, 0) is 43.9 Å². The lowest BCUT2D eigenvalue weighted by atomic mass is 9.93. The van der Waals surface area contributed by atoms with Crippen molar-refractivity contribution >= 4 is 17.3 Å². The van der Waals surface area contributed by atoms with Crippen LogP contribution in [-0.4, -0.2) is 42.5 Å². The summed E-state index contributed by atoms with van der Waals surface area (Å²) in [6, 6.07) is 0. The first kappa shape index (κ1) is 16.7. The van der Waals surface area contributed by atoms with Crippen LogP contribution in [-0.2, 0) is 19.3 Å². The Morgan fingerprint density at radius 3 is 2.87 bits per heavy atom. The smallest absolute Gasteiger partial charge is 0.193 e. The molecule has 1 fully saturated rings. The number of thiazole rings is 1. The minimum Gasteiger partial charge on any atom is -0.356 e. The zero-order valence-electron chi connectivity index (χ0n) is 14.8. The molecule has 2 aliphatic rings. The molecule has 3 rings (SSSR count). The zero-order valence-corrected chi connectivity index (χ0v) is 15.6. The molecule has 128 valence electrons. The van der Waals surface area contributed by atoms with Crippen molar-refractivity contribution in [2.45, 2.75) is 58.8 Å². The van der Waals surface area contributed by atoms with Crippen molar-refractivity contribution in [2.75, 3.05) is 26.7 Å². The predicted octanol–water partition coefficient (Wildman–Crippen LogP) is 3.26. The zero-order chi connectivity index (χ0) is 16.3. The summed E-state index contributed by atoms with van der Waals surface area (Å²) in [5, 5.41) is 4.86. The molecule has 0 radical (unpaired) electrons. The van der Waals surface area contributed by atoms with Crippen LogP contribution in [0.25, 0.3) is 0 Å². The molecule has 0 saturated carbocycles. The Hall–Kier alpha value is -1.10. The van der Waals surface area contributed by atoms with Crippen LogP contribution in [0.1, 0.15) is 55.1 Å². The van der Waals surface area contributed by atoms with Crippen molar-refractivity contribution in [3.63, 3.8) is 0 Å². The maximum Gasteiger partial charge on any atom is 0.193 e. The molecule has 5 heteroatoms. The number of aromatic nitrogens is 1. The van der Waals surface area contributed by atoms with Gasteiger partial charge in [-0.15, -0.1) is 11.3 Å². The Morgan fingerprint density at radius 2 is 2.17 bits per heavy atom. The van der Waals surface area contributed by atoms with Crippen LogP contribution in [0.2, 0.25) is 0 Å². The summed E-state index contributed by atoms with van der Waals surface area (Å²) >= 11 is 1.95. The van der Waals surface area contributed by atoms with Gasteiger partial charge >= 0.3 is 0 Å². The van der Waals surface area contributed by atoms with Crippen LogP contribution in [0.3, 0.4) is 0 Å². The van der Waals surface area contributed by atoms with Crippen LogP contribution in [0, 0.1) is 5.41 Å². The van der Waals surface area contributed by atoms with Gasteiger partial charge < -0.3 is 10.2 Å². The first-order valence-corrected chi connectivity index (χ1v) is 9.82. The molecule has 0 spiro atoms. The molecule has 2 heterocycles. The standard InChI is InChI=1S/C18H30N4S/c1-18(2)10-12-22(13-18)17(19-3)20-11-6-9-16-21-14-7-4-5-8-15(14)23-16/h4-13H2,1-3H3,(H,19,20). The molecular weight excluding hydrogens is 304 g/mol. The van der Waals surface area contributed by atoms with Gasteiger partial charge in [-0.1, -0.05) is 13.8 Å². The second-order valence-corrected chi connectivity index (χ2v) is 8.77. The highest BCUT2D eigenvalue weighted by molar-refractivity contribution is 7.11. The van der Waals surface area contributed by atoms with Crippen molar-refractivity contribution in [1.82, 2.24) is 15.2 Å². The SMILES string of the molecule is CN=C(NCCCc1nc2c(s1)CCCC2)N1CCC(C)(C)C1. The fourth-order valence-electron chi connectivity index (χ4n) is 3.58. The van der Waals surface area contributed by atoms with Gasteiger partial charge in [0, 0.05) is 38.0 Å². The molecule has 1 N–H and O–H groups in total. The summed E-state index contributed by atoms with van der Waals surface area (Å²) in [6.07, 6.45) is 8.58. The molecule has 0 unspecified atom stereocenters. The van der Waals surface area contributed by atoms with E-state index in [4.69, 9.17) is 4.98 Å². The summed E-state index contributed by atoms with van der Waals surface area (Å²) in [4.78, 5) is 13.2. The Balaban J connectivity index is 1.43. The van der Waals surface area contributed by atoms with Crippen LogP contribution >= 0.6 is 11.3 Å². The minimum absolute atomic E-state index is 0.414. The van der Waals surface area contributed by atoms with E-state index in [9.17, 15) is 0 Å². The molecule has 1 aliphatic heterocycles. The summed E-state index contributed by atoms with van der Waals surface area (Å²) in [7, 11) is 1.89. The number of hydrogen-bond donors (Lipinski definition) is 1. The Labute approximate surface area is 144 Å². The number of rotatable bonds is 4. The molecule has 1 aromatic rings. The van der Waals surface area contributed by atoms with Gasteiger partial charge in [0.1, 0.15) is 0 Å². The monoisotopic (exact) mass is 334 g/mol. The molecule has 1 aliphatic carbocycles. The van der Waals surface area contributed by atoms with Crippen molar-refractivity contribution in [3.05, 3.63) is 15.6 Å². The fourth-order valence-corrected chi connectivity index (χ4v) is 4.78.